The van der Waals surface area contributed by atoms with Crippen LogP contribution in [0.2, 0.25) is 0 Å². The third-order valence-corrected chi connectivity index (χ3v) is 5.49. The molecule has 0 saturated carbocycles. The first-order valence-corrected chi connectivity index (χ1v) is 8.82. The summed E-state index contributed by atoms with van der Waals surface area (Å²) in [5, 5.41) is 7.06. The normalized spacial score (nSPS) is 27.5. The van der Waals surface area contributed by atoms with Crippen LogP contribution in [0.1, 0.15) is 49.2 Å². The summed E-state index contributed by atoms with van der Waals surface area (Å²) in [6.07, 6.45) is 6.50. The number of fused-ring (bicyclic) bond motifs is 2. The van der Waals surface area contributed by atoms with Crippen molar-refractivity contribution in [1.82, 2.24) is 15.5 Å². The summed E-state index contributed by atoms with van der Waals surface area (Å²) >= 11 is 0. The molecule has 1 aromatic rings. The summed E-state index contributed by atoms with van der Waals surface area (Å²) < 4.78 is 5.59. The van der Waals surface area contributed by atoms with Crippen LogP contribution in [0, 0.1) is 13.8 Å². The van der Waals surface area contributed by atoms with Crippen LogP contribution in [0.25, 0.3) is 0 Å². The molecule has 0 aliphatic carbocycles. The maximum absolute atomic E-state index is 5.59. The number of hydrogen-bond acceptors (Lipinski definition) is 3. The van der Waals surface area contributed by atoms with Crippen molar-refractivity contribution in [1.29, 1.82) is 0 Å². The zero-order chi connectivity index (χ0) is 16.4. The fourth-order valence-corrected chi connectivity index (χ4v) is 4.16. The number of furan rings is 1. The van der Waals surface area contributed by atoms with E-state index in [2.05, 4.69) is 33.6 Å². The highest BCUT2D eigenvalue weighted by Crippen LogP contribution is 2.32. The molecular formula is C18H31IN4O. The van der Waals surface area contributed by atoms with Crippen LogP contribution in [0.15, 0.2) is 15.5 Å². The van der Waals surface area contributed by atoms with E-state index >= 15 is 0 Å². The molecule has 6 heteroatoms. The molecule has 3 heterocycles. The predicted molar refractivity (Wildman–Crippen MR) is 109 cm³/mol. The number of hydrogen-bond donors (Lipinski definition) is 2. The monoisotopic (exact) mass is 446 g/mol. The van der Waals surface area contributed by atoms with Crippen molar-refractivity contribution in [3.63, 3.8) is 0 Å². The first-order chi connectivity index (χ1) is 11.1. The Kier molecular flexibility index (Phi) is 6.98. The molecular weight excluding hydrogens is 415 g/mol. The molecule has 2 atom stereocenters. The van der Waals surface area contributed by atoms with Crippen LogP contribution < -0.4 is 10.6 Å². The SMILES string of the molecule is CN=C(NCc1cc(C)oc1C)NC1CC2CCCC(C1)N2C.I. The minimum atomic E-state index is 0. The van der Waals surface area contributed by atoms with Gasteiger partial charge in [0.05, 0.1) is 0 Å². The van der Waals surface area contributed by atoms with Gasteiger partial charge < -0.3 is 20.0 Å². The lowest BCUT2D eigenvalue weighted by molar-refractivity contribution is 0.0526. The molecule has 2 aliphatic rings. The molecule has 0 amide bonds. The van der Waals surface area contributed by atoms with Crippen molar-refractivity contribution in [3.8, 4) is 0 Å². The van der Waals surface area contributed by atoms with Crippen LogP contribution >= 0.6 is 24.0 Å². The van der Waals surface area contributed by atoms with Gasteiger partial charge in [0.25, 0.3) is 0 Å². The van der Waals surface area contributed by atoms with E-state index in [9.17, 15) is 0 Å². The highest BCUT2D eigenvalue weighted by atomic mass is 127. The molecule has 3 rings (SSSR count). The minimum Gasteiger partial charge on any atom is -0.466 e. The first kappa shape index (κ1) is 19.6. The number of aliphatic imine (C=N–C) groups is 1. The average Bonchev–Trinajstić information content (AvgIpc) is 2.82. The lowest BCUT2D eigenvalue weighted by Gasteiger charge is -2.47. The van der Waals surface area contributed by atoms with Gasteiger partial charge in [-0.2, -0.15) is 0 Å². The molecule has 2 unspecified atom stereocenters. The molecule has 5 nitrogen and oxygen atoms in total. The summed E-state index contributed by atoms with van der Waals surface area (Å²) in [5.74, 6) is 2.85. The van der Waals surface area contributed by atoms with Gasteiger partial charge in [-0.25, -0.2) is 0 Å². The molecule has 136 valence electrons. The number of nitrogens with one attached hydrogen (secondary N) is 2. The highest BCUT2D eigenvalue weighted by molar-refractivity contribution is 14.0. The van der Waals surface area contributed by atoms with Crippen molar-refractivity contribution < 1.29 is 4.42 Å². The van der Waals surface area contributed by atoms with Gasteiger partial charge in [-0.1, -0.05) is 6.42 Å². The molecule has 0 aromatic carbocycles. The van der Waals surface area contributed by atoms with Crippen molar-refractivity contribution in [2.75, 3.05) is 14.1 Å². The summed E-state index contributed by atoms with van der Waals surface area (Å²) in [7, 11) is 4.14. The van der Waals surface area contributed by atoms with Crippen molar-refractivity contribution >= 4 is 29.9 Å². The second kappa shape index (κ2) is 8.56. The molecule has 2 aliphatic heterocycles. The fraction of sp³-hybridized carbons (Fsp3) is 0.722. The van der Waals surface area contributed by atoms with Gasteiger partial charge in [0.2, 0.25) is 0 Å². The van der Waals surface area contributed by atoms with Crippen LogP contribution in [0.4, 0.5) is 0 Å². The third-order valence-electron chi connectivity index (χ3n) is 5.49. The van der Waals surface area contributed by atoms with Crippen LogP contribution in [-0.4, -0.2) is 43.1 Å². The van der Waals surface area contributed by atoms with E-state index in [0.717, 1.165) is 36.1 Å². The lowest BCUT2D eigenvalue weighted by Crippen LogP contribution is -2.56. The predicted octanol–water partition coefficient (Wildman–Crippen LogP) is 3.19. The summed E-state index contributed by atoms with van der Waals surface area (Å²) in [6.45, 7) is 4.75. The van der Waals surface area contributed by atoms with Gasteiger partial charge >= 0.3 is 0 Å². The lowest BCUT2D eigenvalue weighted by atomic mass is 9.82. The Labute approximate surface area is 162 Å². The van der Waals surface area contributed by atoms with E-state index in [1.807, 2.05) is 20.9 Å². The molecule has 24 heavy (non-hydrogen) atoms. The van der Waals surface area contributed by atoms with Crippen LogP contribution in [-0.2, 0) is 6.54 Å². The van der Waals surface area contributed by atoms with E-state index in [1.165, 1.54) is 37.7 Å². The Bertz CT molecular complexity index is 557. The van der Waals surface area contributed by atoms with Crippen molar-refractivity contribution in [2.45, 2.75) is 70.6 Å². The van der Waals surface area contributed by atoms with E-state index in [0.29, 0.717) is 6.04 Å². The molecule has 0 spiro atoms. The van der Waals surface area contributed by atoms with E-state index in [1.54, 1.807) is 0 Å². The number of halogens is 1. The number of guanidine groups is 1. The van der Waals surface area contributed by atoms with Gasteiger partial charge in [-0.15, -0.1) is 24.0 Å². The van der Waals surface area contributed by atoms with Crippen LogP contribution in [0.3, 0.4) is 0 Å². The minimum absolute atomic E-state index is 0. The van der Waals surface area contributed by atoms with E-state index < -0.39 is 0 Å². The molecule has 2 saturated heterocycles. The van der Waals surface area contributed by atoms with E-state index in [-0.39, 0.29) is 24.0 Å². The molecule has 1 aromatic heterocycles. The number of piperidine rings is 2. The second-order valence-corrected chi connectivity index (χ2v) is 7.08. The zero-order valence-electron chi connectivity index (χ0n) is 15.3. The van der Waals surface area contributed by atoms with Gasteiger partial charge in [-0.05, 0) is 52.6 Å². The smallest absolute Gasteiger partial charge is 0.191 e. The summed E-state index contributed by atoms with van der Waals surface area (Å²) in [4.78, 5) is 6.99. The van der Waals surface area contributed by atoms with Gasteiger partial charge in [0.15, 0.2) is 5.96 Å². The topological polar surface area (TPSA) is 52.8 Å². The quantitative estimate of drug-likeness (QED) is 0.426. The van der Waals surface area contributed by atoms with Gasteiger partial charge in [0, 0.05) is 37.3 Å². The third kappa shape index (κ3) is 4.45. The van der Waals surface area contributed by atoms with Crippen molar-refractivity contribution in [2.24, 2.45) is 4.99 Å². The van der Waals surface area contributed by atoms with E-state index in [4.69, 9.17) is 4.42 Å². The Morgan fingerprint density at radius 3 is 2.50 bits per heavy atom. The van der Waals surface area contributed by atoms with Crippen LogP contribution in [0.5, 0.6) is 0 Å². The Hall–Kier alpha value is -0.760. The second-order valence-electron chi connectivity index (χ2n) is 7.08. The summed E-state index contributed by atoms with van der Waals surface area (Å²) in [6, 6.07) is 4.09. The van der Waals surface area contributed by atoms with Gasteiger partial charge in [-0.3, -0.25) is 4.99 Å². The van der Waals surface area contributed by atoms with Crippen molar-refractivity contribution in [3.05, 3.63) is 23.2 Å². The number of aryl methyl sites for hydroxylation is 2. The highest BCUT2D eigenvalue weighted by Gasteiger charge is 2.36. The molecule has 2 fully saturated rings. The summed E-state index contributed by atoms with van der Waals surface area (Å²) in [5.41, 5.74) is 1.20. The molecule has 0 radical (unpaired) electrons. The average molecular weight is 446 g/mol. The van der Waals surface area contributed by atoms with Gasteiger partial charge in [0.1, 0.15) is 11.5 Å². The Balaban J connectivity index is 0.00000208. The Morgan fingerprint density at radius 2 is 1.96 bits per heavy atom. The number of nitrogens with zero attached hydrogens (tertiary/aromatic N) is 2. The number of rotatable bonds is 3. The fourth-order valence-electron chi connectivity index (χ4n) is 4.16. The Morgan fingerprint density at radius 1 is 1.29 bits per heavy atom. The zero-order valence-corrected chi connectivity index (χ0v) is 17.6. The standard InChI is InChI=1S/C18H30N4O.HI/c1-12-8-14(13(2)23-12)11-20-18(19-3)21-15-9-16-6-5-7-17(10-15)22(16)4;/h8,15-17H,5-7,9-11H2,1-4H3,(H2,19,20,21);1H. The maximum Gasteiger partial charge on any atom is 0.191 e. The largest absolute Gasteiger partial charge is 0.466 e. The maximum atomic E-state index is 5.59. The molecule has 2 bridgehead atoms. The molecule has 2 N–H and O–H groups in total. The first-order valence-electron chi connectivity index (χ1n) is 8.82.